The van der Waals surface area contributed by atoms with Crippen molar-refractivity contribution >= 4 is 39.5 Å². The van der Waals surface area contributed by atoms with E-state index < -0.39 is 97.5 Å². The number of hydrogen-bond acceptors (Lipinski definition) is 15. The van der Waals surface area contributed by atoms with Crippen LogP contribution < -0.4 is 0 Å². The smallest absolute Gasteiger partial charge is 0.462 e. The summed E-state index contributed by atoms with van der Waals surface area (Å²) < 4.78 is 68.2. The van der Waals surface area contributed by atoms with Crippen LogP contribution in [-0.2, 0) is 65.4 Å². The van der Waals surface area contributed by atoms with Gasteiger partial charge < -0.3 is 33.8 Å². The average Bonchev–Trinajstić information content (AvgIpc) is 3.59. The number of aliphatic hydroxyl groups is 1. The van der Waals surface area contributed by atoms with Crippen molar-refractivity contribution in [2.75, 3.05) is 39.6 Å². The molecule has 2 unspecified atom stereocenters. The van der Waals surface area contributed by atoms with Crippen molar-refractivity contribution < 1.29 is 80.2 Å². The molecule has 0 aliphatic heterocycles. The molecule has 0 aromatic heterocycles. The molecule has 3 N–H and O–H groups in total. The predicted octanol–water partition coefficient (Wildman–Crippen LogP) is 19.4. The SMILES string of the molecule is CCCCCC/C=C\C=C/CCCCCCCC(=O)OC[C@H](COP(=O)(O)OC[C@@H](O)COP(=O)(O)OC[C@@H](COC(=O)CCCCCCCCC(C)C)OC(=O)CCCCCCCCCC(C)C)OC(=O)CCCCCCCCCCCCCCC(C)C. The Kier molecular flexibility index (Phi) is 58.8. The minimum atomic E-state index is -4.96. The number of phosphoric acid groups is 2. The summed E-state index contributed by atoms with van der Waals surface area (Å²) in [6.45, 7) is 11.6. The zero-order valence-electron chi connectivity index (χ0n) is 57.4. The van der Waals surface area contributed by atoms with E-state index in [1.807, 2.05) is 0 Å². The van der Waals surface area contributed by atoms with Gasteiger partial charge in [0.25, 0.3) is 0 Å². The molecule has 0 radical (unpaired) electrons. The summed E-state index contributed by atoms with van der Waals surface area (Å²) in [5, 5.41) is 10.6. The van der Waals surface area contributed by atoms with Crippen LogP contribution in [0.5, 0.6) is 0 Å². The van der Waals surface area contributed by atoms with Gasteiger partial charge in [0.15, 0.2) is 12.2 Å². The molecule has 0 aliphatic carbocycles. The summed E-state index contributed by atoms with van der Waals surface area (Å²) in [5.74, 6) is -0.0152. The van der Waals surface area contributed by atoms with Crippen LogP contribution in [0.25, 0.3) is 0 Å². The van der Waals surface area contributed by atoms with Gasteiger partial charge in [-0.2, -0.15) is 0 Å². The van der Waals surface area contributed by atoms with Gasteiger partial charge in [0, 0.05) is 25.7 Å². The number of phosphoric ester groups is 2. The van der Waals surface area contributed by atoms with Crippen molar-refractivity contribution in [1.29, 1.82) is 0 Å². The van der Waals surface area contributed by atoms with Crippen molar-refractivity contribution in [3.8, 4) is 0 Å². The third-order valence-electron chi connectivity index (χ3n) is 15.5. The maximum Gasteiger partial charge on any atom is 0.472 e. The fraction of sp³-hybridized carbons (Fsp3) is 0.886. The maximum absolute atomic E-state index is 13.0. The zero-order valence-corrected chi connectivity index (χ0v) is 59.2. The third-order valence-corrected chi connectivity index (χ3v) is 17.4. The van der Waals surface area contributed by atoms with Crippen molar-refractivity contribution in [2.45, 2.75) is 343 Å². The lowest BCUT2D eigenvalue weighted by Gasteiger charge is -2.21. The Balaban J connectivity index is 5.27. The number of ether oxygens (including phenoxy) is 4. The highest BCUT2D eigenvalue weighted by atomic mass is 31.2. The van der Waals surface area contributed by atoms with Crippen LogP contribution in [-0.4, -0.2) is 96.7 Å². The first-order valence-corrected chi connectivity index (χ1v) is 38.7. The second-order valence-electron chi connectivity index (χ2n) is 26.0. The first-order valence-electron chi connectivity index (χ1n) is 35.7. The van der Waals surface area contributed by atoms with Gasteiger partial charge in [-0.05, 0) is 69.1 Å². The number of aliphatic hydroxyl groups excluding tert-OH is 1. The third kappa shape index (κ3) is 64.1. The monoisotopic (exact) mass is 1310 g/mol. The molecule has 89 heavy (non-hydrogen) atoms. The van der Waals surface area contributed by atoms with Gasteiger partial charge >= 0.3 is 39.5 Å². The van der Waals surface area contributed by atoms with E-state index in [1.54, 1.807) is 0 Å². The number of esters is 4. The largest absolute Gasteiger partial charge is 0.472 e. The fourth-order valence-electron chi connectivity index (χ4n) is 10.0. The van der Waals surface area contributed by atoms with E-state index in [4.69, 9.17) is 37.0 Å². The molecule has 0 saturated heterocycles. The van der Waals surface area contributed by atoms with Crippen LogP contribution in [0.4, 0.5) is 0 Å². The molecule has 0 bridgehead atoms. The molecular formula is C70H132O17P2. The molecule has 0 rings (SSSR count). The van der Waals surface area contributed by atoms with Crippen LogP contribution in [0.3, 0.4) is 0 Å². The lowest BCUT2D eigenvalue weighted by Crippen LogP contribution is -2.30. The zero-order chi connectivity index (χ0) is 65.9. The first-order chi connectivity index (χ1) is 42.7. The molecular weight excluding hydrogens is 1170 g/mol. The number of carbonyl (C=O) groups excluding carboxylic acids is 4. The molecule has 0 spiro atoms. The van der Waals surface area contributed by atoms with E-state index in [2.05, 4.69) is 72.8 Å². The fourth-order valence-corrected chi connectivity index (χ4v) is 11.6. The molecule has 19 heteroatoms. The summed E-state index contributed by atoms with van der Waals surface area (Å²) in [7, 11) is -9.91. The van der Waals surface area contributed by atoms with Crippen LogP contribution in [0.15, 0.2) is 24.3 Å². The van der Waals surface area contributed by atoms with Gasteiger partial charge in [0.1, 0.15) is 19.3 Å². The van der Waals surface area contributed by atoms with Crippen molar-refractivity contribution in [1.82, 2.24) is 0 Å². The summed E-state index contributed by atoms with van der Waals surface area (Å²) >= 11 is 0. The Morgan fingerprint density at radius 1 is 0.348 bits per heavy atom. The average molecular weight is 1310 g/mol. The predicted molar refractivity (Wildman–Crippen MR) is 358 cm³/mol. The molecule has 0 fully saturated rings. The number of carbonyl (C=O) groups is 4. The van der Waals surface area contributed by atoms with E-state index in [9.17, 15) is 43.2 Å². The Labute approximate surface area is 542 Å². The lowest BCUT2D eigenvalue weighted by molar-refractivity contribution is -0.161. The van der Waals surface area contributed by atoms with Gasteiger partial charge in [-0.3, -0.25) is 37.3 Å². The van der Waals surface area contributed by atoms with Gasteiger partial charge in [-0.1, -0.05) is 272 Å². The van der Waals surface area contributed by atoms with E-state index >= 15 is 0 Å². The Morgan fingerprint density at radius 2 is 0.607 bits per heavy atom. The lowest BCUT2D eigenvalue weighted by atomic mass is 10.0. The van der Waals surface area contributed by atoms with Crippen LogP contribution in [0, 0.1) is 17.8 Å². The molecule has 0 saturated carbocycles. The second kappa shape index (κ2) is 60.5. The normalized spacial score (nSPS) is 14.4. The molecule has 0 aromatic rings. The van der Waals surface area contributed by atoms with Crippen molar-refractivity contribution in [3.05, 3.63) is 24.3 Å². The number of rotatable bonds is 66. The van der Waals surface area contributed by atoms with Gasteiger partial charge in [0.2, 0.25) is 0 Å². The summed E-state index contributed by atoms with van der Waals surface area (Å²) in [6, 6.07) is 0. The van der Waals surface area contributed by atoms with Gasteiger partial charge in [-0.15, -0.1) is 0 Å². The maximum atomic E-state index is 13.0. The standard InChI is InChI=1S/C70H132O17P2/c1-8-9-10-11-12-13-14-15-16-17-21-24-29-37-44-51-67(72)80-57-65(86-69(74)53-46-39-30-25-22-19-18-20-23-27-34-41-48-61(2)3)59-84-88(76,77)82-55-64(71)56-83-89(78,79)85-60-66(58-81-68(73)52-45-38-33-32-36-43-50-63(6)7)87-70(75)54-47-40-31-26-28-35-42-49-62(4)5/h13-16,61-66,71H,8-12,17-60H2,1-7H3,(H,76,77)(H,78,79)/b14-13-,16-15-/t64-,65-,66-/m1/s1. The summed E-state index contributed by atoms with van der Waals surface area (Å²) in [4.78, 5) is 72.4. The second-order valence-corrected chi connectivity index (χ2v) is 28.9. The van der Waals surface area contributed by atoms with E-state index in [-0.39, 0.29) is 25.7 Å². The van der Waals surface area contributed by atoms with Crippen LogP contribution in [0.2, 0.25) is 0 Å². The topological polar surface area (TPSA) is 237 Å². The molecule has 0 aliphatic rings. The van der Waals surface area contributed by atoms with Crippen molar-refractivity contribution in [2.24, 2.45) is 17.8 Å². The summed E-state index contributed by atoms with van der Waals surface area (Å²) in [5.41, 5.74) is 0. The van der Waals surface area contributed by atoms with Gasteiger partial charge in [-0.25, -0.2) is 9.13 Å². The Morgan fingerprint density at radius 3 is 0.910 bits per heavy atom. The highest BCUT2D eigenvalue weighted by Gasteiger charge is 2.30. The highest BCUT2D eigenvalue weighted by molar-refractivity contribution is 7.47. The van der Waals surface area contributed by atoms with E-state index in [0.29, 0.717) is 37.5 Å². The molecule has 524 valence electrons. The minimum Gasteiger partial charge on any atom is -0.462 e. The van der Waals surface area contributed by atoms with E-state index in [0.717, 1.165) is 121 Å². The first kappa shape index (κ1) is 86.5. The van der Waals surface area contributed by atoms with Crippen molar-refractivity contribution in [3.63, 3.8) is 0 Å². The van der Waals surface area contributed by atoms with Crippen LogP contribution in [0.1, 0.15) is 325 Å². The number of hydrogen-bond donors (Lipinski definition) is 3. The van der Waals surface area contributed by atoms with Crippen LogP contribution >= 0.6 is 15.6 Å². The molecule has 5 atom stereocenters. The molecule has 17 nitrogen and oxygen atoms in total. The molecule has 0 amide bonds. The highest BCUT2D eigenvalue weighted by Crippen LogP contribution is 2.45. The molecule has 0 heterocycles. The van der Waals surface area contributed by atoms with Gasteiger partial charge in [0.05, 0.1) is 26.4 Å². The Bertz CT molecular complexity index is 1840. The molecule has 0 aromatic carbocycles. The van der Waals surface area contributed by atoms with E-state index in [1.165, 1.54) is 109 Å². The quantitative estimate of drug-likeness (QED) is 0.0169. The number of allylic oxidation sites excluding steroid dienone is 4. The minimum absolute atomic E-state index is 0.0993. The number of unbranched alkanes of at least 4 members (excludes halogenated alkanes) is 31. The Hall–Kier alpha value is -2.46. The summed E-state index contributed by atoms with van der Waals surface area (Å²) in [6.07, 6.45) is 46.9.